The highest BCUT2D eigenvalue weighted by atomic mass is 16.5. The Kier molecular flexibility index (Phi) is 9.66. The summed E-state index contributed by atoms with van der Waals surface area (Å²) in [5.74, 6) is 1.12. The molecule has 0 bridgehead atoms. The molecule has 0 saturated carbocycles. The van der Waals surface area contributed by atoms with Crippen LogP contribution in [-0.4, -0.2) is 21.2 Å². The summed E-state index contributed by atoms with van der Waals surface area (Å²) in [5, 5.41) is 5.63. The minimum atomic E-state index is -0.504. The van der Waals surface area contributed by atoms with E-state index in [1.807, 2.05) is 126 Å². The lowest BCUT2D eigenvalue weighted by Crippen LogP contribution is -2.24. The van der Waals surface area contributed by atoms with Gasteiger partial charge in [-0.05, 0) is 116 Å². The third kappa shape index (κ3) is 8.08. The number of fused-ring (bicyclic) bond motifs is 5. The number of aromatic nitrogens is 2. The third-order valence-electron chi connectivity index (χ3n) is 10.8. The predicted molar refractivity (Wildman–Crippen MR) is 250 cm³/mol. The summed E-state index contributed by atoms with van der Waals surface area (Å²) in [6.45, 7) is 18.4. The molecule has 0 aliphatic heterocycles. The maximum atomic E-state index is 13.6. The van der Waals surface area contributed by atoms with Gasteiger partial charge in [0.05, 0.1) is 40.3 Å². The number of nitrogens with zero attached hydrogens (tertiary/aromatic N) is 2. The van der Waals surface area contributed by atoms with Crippen molar-refractivity contribution in [2.75, 3.05) is 0 Å². The van der Waals surface area contributed by atoms with Crippen LogP contribution in [0.5, 0.6) is 11.5 Å². The maximum absolute atomic E-state index is 13.6. The zero-order valence-corrected chi connectivity index (χ0v) is 36.5. The lowest BCUT2D eigenvalue weighted by molar-refractivity contribution is 0.122. The molecule has 0 radical (unpaired) electrons. The summed E-state index contributed by atoms with van der Waals surface area (Å²) < 4.78 is 24.3. The molecule has 0 fully saturated rings. The highest BCUT2D eigenvalue weighted by Gasteiger charge is 2.22. The molecule has 310 valence electrons. The highest BCUT2D eigenvalue weighted by Crippen LogP contribution is 2.38. The lowest BCUT2D eigenvalue weighted by Gasteiger charge is -2.25. The molecule has 0 N–H and O–H groups in total. The van der Waals surface area contributed by atoms with E-state index in [1.54, 1.807) is 18.5 Å². The molecule has 0 aliphatic rings. The van der Waals surface area contributed by atoms with Gasteiger partial charge in [0.2, 0.25) is 0 Å². The molecule has 0 atom stereocenters. The Morgan fingerprint density at radius 2 is 1.05 bits per heavy atom. The van der Waals surface area contributed by atoms with Gasteiger partial charge in [-0.2, -0.15) is 0 Å². The molecule has 6 aromatic carbocycles. The van der Waals surface area contributed by atoms with Crippen LogP contribution in [0.15, 0.2) is 146 Å². The van der Waals surface area contributed by atoms with Crippen molar-refractivity contribution < 1.29 is 18.3 Å². The minimum Gasteiger partial charge on any atom is -0.488 e. The fourth-order valence-electron chi connectivity index (χ4n) is 7.83. The zero-order chi connectivity index (χ0) is 43.7. The smallest absolute Gasteiger partial charge is 0.344 e. The van der Waals surface area contributed by atoms with Crippen LogP contribution >= 0.6 is 0 Å². The standard InChI is InChI=1S/C54H48N2O6/c1-52(2,3)38-19-20-40-35(24-38)18-21-47-43(40)27-41(50(57)59-47)32-12-14-33(15-13-32)45-29-55-30-46(56-45)36-17-11-31-10-16-34(22-37(31)23-36)42-28-44-48(60-51(42)58)25-39(61-53(4,5)6)26-49(44)62-54(7,8)9/h10-30H,1-9H3. The van der Waals surface area contributed by atoms with Crippen molar-refractivity contribution in [1.82, 2.24) is 9.97 Å². The summed E-state index contributed by atoms with van der Waals surface area (Å²) in [6, 6.07) is 37.5. The first-order valence-electron chi connectivity index (χ1n) is 20.8. The lowest BCUT2D eigenvalue weighted by atomic mass is 9.85. The predicted octanol–water partition coefficient (Wildman–Crippen LogP) is 13.3. The van der Waals surface area contributed by atoms with E-state index in [0.29, 0.717) is 56.1 Å². The molecule has 8 heteroatoms. The van der Waals surface area contributed by atoms with Gasteiger partial charge in [0.1, 0.15) is 33.9 Å². The van der Waals surface area contributed by atoms with Crippen molar-refractivity contribution in [3.8, 4) is 56.3 Å². The number of rotatable bonds is 6. The van der Waals surface area contributed by atoms with E-state index >= 15 is 0 Å². The van der Waals surface area contributed by atoms with Crippen molar-refractivity contribution in [2.45, 2.75) is 78.9 Å². The summed E-state index contributed by atoms with van der Waals surface area (Å²) >= 11 is 0. The molecular weight excluding hydrogens is 773 g/mol. The molecular formula is C54H48N2O6. The van der Waals surface area contributed by atoms with E-state index in [0.717, 1.165) is 43.6 Å². The van der Waals surface area contributed by atoms with Crippen molar-refractivity contribution >= 4 is 43.5 Å². The topological polar surface area (TPSA) is 105 Å². The van der Waals surface area contributed by atoms with Gasteiger partial charge in [0, 0.05) is 28.6 Å². The van der Waals surface area contributed by atoms with Gasteiger partial charge in [-0.15, -0.1) is 0 Å². The number of benzene rings is 6. The Bertz CT molecular complexity index is 3340. The first-order chi connectivity index (χ1) is 29.3. The normalized spacial score (nSPS) is 12.4. The molecule has 0 aliphatic carbocycles. The second kappa shape index (κ2) is 14.8. The van der Waals surface area contributed by atoms with Crippen LogP contribution in [0, 0.1) is 0 Å². The average Bonchev–Trinajstić information content (AvgIpc) is 3.21. The van der Waals surface area contributed by atoms with E-state index in [1.165, 1.54) is 5.56 Å². The van der Waals surface area contributed by atoms with E-state index in [9.17, 15) is 9.59 Å². The second-order valence-electron chi connectivity index (χ2n) is 19.0. The summed E-state index contributed by atoms with van der Waals surface area (Å²) in [6.07, 6.45) is 3.47. The Morgan fingerprint density at radius 3 is 1.74 bits per heavy atom. The first kappa shape index (κ1) is 40.4. The van der Waals surface area contributed by atoms with Gasteiger partial charge in [-0.25, -0.2) is 14.6 Å². The molecule has 0 unspecified atom stereocenters. The Balaban J connectivity index is 1.03. The van der Waals surface area contributed by atoms with Gasteiger partial charge in [-0.1, -0.05) is 93.6 Å². The fourth-order valence-corrected chi connectivity index (χ4v) is 7.83. The number of hydrogen-bond donors (Lipinski definition) is 0. The van der Waals surface area contributed by atoms with Crippen LogP contribution < -0.4 is 20.7 Å². The van der Waals surface area contributed by atoms with Crippen molar-refractivity contribution in [3.05, 3.63) is 154 Å². The average molecular weight is 821 g/mol. The van der Waals surface area contributed by atoms with Gasteiger partial charge < -0.3 is 18.3 Å². The monoisotopic (exact) mass is 820 g/mol. The van der Waals surface area contributed by atoms with Crippen LogP contribution in [0.3, 0.4) is 0 Å². The largest absolute Gasteiger partial charge is 0.488 e. The first-order valence-corrected chi connectivity index (χ1v) is 20.8. The molecule has 0 spiro atoms. The Morgan fingerprint density at radius 1 is 0.468 bits per heavy atom. The molecule has 9 aromatic rings. The Labute approximate surface area is 359 Å². The van der Waals surface area contributed by atoms with Gasteiger partial charge >= 0.3 is 11.3 Å². The number of ether oxygens (including phenoxy) is 2. The molecule has 0 amide bonds. The van der Waals surface area contributed by atoms with Crippen LogP contribution in [-0.2, 0) is 5.41 Å². The maximum Gasteiger partial charge on any atom is 0.344 e. The molecule has 0 saturated heterocycles. The Hall–Kier alpha value is -7.06. The molecule has 62 heavy (non-hydrogen) atoms. The second-order valence-corrected chi connectivity index (χ2v) is 19.0. The van der Waals surface area contributed by atoms with Gasteiger partial charge in [0.25, 0.3) is 0 Å². The quantitative estimate of drug-likeness (QED) is 0.121. The van der Waals surface area contributed by atoms with Crippen LogP contribution in [0.1, 0.15) is 67.9 Å². The number of hydrogen-bond acceptors (Lipinski definition) is 8. The minimum absolute atomic E-state index is 0.0189. The molecule has 3 aromatic heterocycles. The van der Waals surface area contributed by atoms with Crippen LogP contribution in [0.4, 0.5) is 0 Å². The third-order valence-corrected chi connectivity index (χ3v) is 10.8. The van der Waals surface area contributed by atoms with E-state index in [-0.39, 0.29) is 5.41 Å². The van der Waals surface area contributed by atoms with E-state index in [2.05, 4.69) is 50.0 Å². The molecule has 3 heterocycles. The molecule has 9 rings (SSSR count). The van der Waals surface area contributed by atoms with E-state index < -0.39 is 22.5 Å². The van der Waals surface area contributed by atoms with Crippen molar-refractivity contribution in [2.24, 2.45) is 0 Å². The molecule has 8 nitrogen and oxygen atoms in total. The highest BCUT2D eigenvalue weighted by molar-refractivity contribution is 6.06. The van der Waals surface area contributed by atoms with Crippen LogP contribution in [0.2, 0.25) is 0 Å². The van der Waals surface area contributed by atoms with Crippen LogP contribution in [0.25, 0.3) is 88.3 Å². The van der Waals surface area contributed by atoms with Crippen molar-refractivity contribution in [1.29, 1.82) is 0 Å². The SMILES string of the molecule is CC(C)(C)Oc1cc(OC(C)(C)C)c2cc(-c3ccc4ccc(-c5cncc(-c6ccc(-c7cc8c(ccc9cc(C(C)(C)C)ccc98)oc7=O)cc6)n5)cc4c3)c(=O)oc2c1. The van der Waals surface area contributed by atoms with E-state index in [4.69, 9.17) is 23.3 Å². The van der Waals surface area contributed by atoms with Gasteiger partial charge in [-0.3, -0.25) is 4.98 Å². The fraction of sp³-hybridized carbons (Fsp3) is 0.222. The zero-order valence-electron chi connectivity index (χ0n) is 36.5. The summed E-state index contributed by atoms with van der Waals surface area (Å²) in [7, 11) is 0. The van der Waals surface area contributed by atoms with Crippen molar-refractivity contribution in [3.63, 3.8) is 0 Å². The summed E-state index contributed by atoms with van der Waals surface area (Å²) in [4.78, 5) is 36.4. The van der Waals surface area contributed by atoms with Gasteiger partial charge in [0.15, 0.2) is 0 Å². The summed E-state index contributed by atoms with van der Waals surface area (Å²) in [5.41, 5.74) is 5.88.